The minimum absolute atomic E-state index is 0.0875. The van der Waals surface area contributed by atoms with Gasteiger partial charge in [0.15, 0.2) is 0 Å². The zero-order valence-corrected chi connectivity index (χ0v) is 22.3. The minimum atomic E-state index is -4.68. The van der Waals surface area contributed by atoms with Gasteiger partial charge in [0, 0.05) is 34.6 Å². The standard InChI is InChI=1S/C28H26ClN3O6S/c29-24-25(28(35)32(27(24)34)19-6-2-1-3-7-19)30-16-17-12-14-18(15-13-17)26(33)31-22-10-4-9-21-20(22)8-5-11-23(21)39(36,37)38/h4-5,8-15,19,30H,1-3,6-7,16H2,(H,31,33)(H,36,37,38)/p-1. The molecule has 1 heterocycles. The van der Waals surface area contributed by atoms with Gasteiger partial charge in [-0.05, 0) is 42.7 Å². The molecule has 0 unspecified atom stereocenters. The Bertz CT molecular complexity index is 1610. The summed E-state index contributed by atoms with van der Waals surface area (Å²) in [5.41, 5.74) is 1.55. The summed E-state index contributed by atoms with van der Waals surface area (Å²) >= 11 is 6.23. The van der Waals surface area contributed by atoms with Gasteiger partial charge in [0.2, 0.25) is 0 Å². The topological polar surface area (TPSA) is 136 Å². The first-order valence-electron chi connectivity index (χ1n) is 12.5. The number of nitrogens with one attached hydrogen (secondary N) is 2. The highest BCUT2D eigenvalue weighted by Gasteiger charge is 2.41. The SMILES string of the molecule is O=C(Nc1cccc2c(S(=O)(=O)[O-])cccc12)c1ccc(CNC2=C(Cl)C(=O)N(C3CCCCC3)C2=O)cc1. The molecule has 11 heteroatoms. The van der Waals surface area contributed by atoms with Gasteiger partial charge in [-0.2, -0.15) is 0 Å². The van der Waals surface area contributed by atoms with E-state index in [1.807, 2.05) is 0 Å². The Morgan fingerprint density at radius 1 is 0.923 bits per heavy atom. The predicted molar refractivity (Wildman–Crippen MR) is 145 cm³/mol. The van der Waals surface area contributed by atoms with Crippen molar-refractivity contribution in [3.05, 3.63) is 82.5 Å². The number of nitrogens with zero attached hydrogens (tertiary/aromatic N) is 1. The molecule has 1 aliphatic heterocycles. The molecule has 2 aliphatic rings. The molecule has 1 aliphatic carbocycles. The number of hydrogen-bond donors (Lipinski definition) is 2. The van der Waals surface area contributed by atoms with Crippen LogP contribution in [0.4, 0.5) is 5.69 Å². The molecular weight excluding hydrogens is 542 g/mol. The molecule has 0 atom stereocenters. The lowest BCUT2D eigenvalue weighted by Crippen LogP contribution is -2.43. The normalized spacial score (nSPS) is 16.7. The van der Waals surface area contributed by atoms with E-state index >= 15 is 0 Å². The van der Waals surface area contributed by atoms with Crippen LogP contribution in [0, 0.1) is 0 Å². The Labute approximate surface area is 230 Å². The molecule has 1 saturated carbocycles. The van der Waals surface area contributed by atoms with Crippen molar-refractivity contribution in [3.8, 4) is 0 Å². The van der Waals surface area contributed by atoms with Crippen molar-refractivity contribution in [2.24, 2.45) is 0 Å². The number of amides is 3. The summed E-state index contributed by atoms with van der Waals surface area (Å²) in [6, 6.07) is 15.5. The maximum atomic E-state index is 12.9. The van der Waals surface area contributed by atoms with Crippen LogP contribution in [0.25, 0.3) is 10.8 Å². The molecule has 3 amide bonds. The highest BCUT2D eigenvalue weighted by Crippen LogP contribution is 2.31. The van der Waals surface area contributed by atoms with Gasteiger partial charge in [-0.3, -0.25) is 19.3 Å². The third kappa shape index (κ3) is 5.40. The zero-order valence-electron chi connectivity index (χ0n) is 20.8. The fourth-order valence-electron chi connectivity index (χ4n) is 5.11. The van der Waals surface area contributed by atoms with Crippen LogP contribution >= 0.6 is 11.6 Å². The molecule has 202 valence electrons. The second-order valence-corrected chi connectivity index (χ2v) is 11.3. The summed E-state index contributed by atoms with van der Waals surface area (Å²) < 4.78 is 34.8. The summed E-state index contributed by atoms with van der Waals surface area (Å²) in [7, 11) is -4.68. The summed E-state index contributed by atoms with van der Waals surface area (Å²) in [4.78, 5) is 39.4. The summed E-state index contributed by atoms with van der Waals surface area (Å²) in [6.45, 7) is 0.223. The van der Waals surface area contributed by atoms with Crippen molar-refractivity contribution < 1.29 is 27.4 Å². The molecule has 5 rings (SSSR count). The van der Waals surface area contributed by atoms with Gasteiger partial charge in [-0.25, -0.2) is 8.42 Å². The first kappa shape index (κ1) is 26.9. The lowest BCUT2D eigenvalue weighted by Gasteiger charge is -2.29. The van der Waals surface area contributed by atoms with Crippen LogP contribution < -0.4 is 10.6 Å². The zero-order chi connectivity index (χ0) is 27.7. The van der Waals surface area contributed by atoms with Crippen LogP contribution in [0.5, 0.6) is 0 Å². The average molecular weight is 567 g/mol. The van der Waals surface area contributed by atoms with E-state index in [9.17, 15) is 27.4 Å². The van der Waals surface area contributed by atoms with Crippen molar-refractivity contribution in [1.29, 1.82) is 0 Å². The predicted octanol–water partition coefficient (Wildman–Crippen LogP) is 4.24. The molecule has 1 fully saturated rings. The van der Waals surface area contributed by atoms with Gasteiger partial charge in [0.1, 0.15) is 20.8 Å². The molecular formula is C28H25ClN3O6S-. The number of carbonyl (C=O) groups is 3. The maximum Gasteiger partial charge on any atom is 0.278 e. The number of benzene rings is 3. The van der Waals surface area contributed by atoms with E-state index in [1.54, 1.807) is 42.5 Å². The number of carbonyl (C=O) groups excluding carboxylic acids is 3. The van der Waals surface area contributed by atoms with Crippen LogP contribution in [0.3, 0.4) is 0 Å². The van der Waals surface area contributed by atoms with E-state index in [0.29, 0.717) is 16.6 Å². The number of halogens is 1. The highest BCUT2D eigenvalue weighted by molar-refractivity contribution is 7.86. The van der Waals surface area contributed by atoms with E-state index in [1.165, 1.54) is 23.1 Å². The molecule has 0 radical (unpaired) electrons. The third-order valence-corrected chi connectivity index (χ3v) is 8.33. The average Bonchev–Trinajstić information content (AvgIpc) is 3.14. The van der Waals surface area contributed by atoms with Gasteiger partial charge in [-0.1, -0.05) is 67.3 Å². The van der Waals surface area contributed by atoms with Gasteiger partial charge < -0.3 is 15.2 Å². The van der Waals surface area contributed by atoms with Crippen LogP contribution in [0.15, 0.2) is 76.3 Å². The number of imide groups is 1. The Morgan fingerprint density at radius 2 is 1.59 bits per heavy atom. The van der Waals surface area contributed by atoms with Crippen LogP contribution in [0.1, 0.15) is 48.0 Å². The maximum absolute atomic E-state index is 12.9. The second kappa shape index (κ2) is 10.8. The van der Waals surface area contributed by atoms with E-state index in [-0.39, 0.29) is 33.6 Å². The molecule has 3 aromatic rings. The molecule has 2 N–H and O–H groups in total. The summed E-state index contributed by atoms with van der Waals surface area (Å²) in [5, 5.41) is 6.29. The van der Waals surface area contributed by atoms with Crippen molar-refractivity contribution in [1.82, 2.24) is 10.2 Å². The van der Waals surface area contributed by atoms with Gasteiger partial charge in [0.25, 0.3) is 17.7 Å². The Balaban J connectivity index is 1.26. The van der Waals surface area contributed by atoms with E-state index in [4.69, 9.17) is 11.6 Å². The molecule has 39 heavy (non-hydrogen) atoms. The van der Waals surface area contributed by atoms with Crippen LogP contribution in [0.2, 0.25) is 0 Å². The first-order chi connectivity index (χ1) is 18.6. The fourth-order valence-corrected chi connectivity index (χ4v) is 6.04. The first-order valence-corrected chi connectivity index (χ1v) is 14.3. The highest BCUT2D eigenvalue weighted by atomic mass is 35.5. The number of fused-ring (bicyclic) bond motifs is 1. The quantitative estimate of drug-likeness (QED) is 0.322. The second-order valence-electron chi connectivity index (χ2n) is 9.58. The third-order valence-electron chi connectivity index (χ3n) is 7.08. The van der Waals surface area contributed by atoms with Crippen molar-refractivity contribution in [3.63, 3.8) is 0 Å². The molecule has 0 spiro atoms. The van der Waals surface area contributed by atoms with Gasteiger partial charge in [0.05, 0.1) is 4.90 Å². The fraction of sp³-hybridized carbons (Fsp3) is 0.250. The van der Waals surface area contributed by atoms with Crippen molar-refractivity contribution in [2.75, 3.05) is 5.32 Å². The van der Waals surface area contributed by atoms with E-state index < -0.39 is 27.8 Å². The van der Waals surface area contributed by atoms with Gasteiger partial charge in [-0.15, -0.1) is 0 Å². The monoisotopic (exact) mass is 566 g/mol. The molecule has 0 aromatic heterocycles. The molecule has 0 bridgehead atoms. The molecule has 3 aromatic carbocycles. The Morgan fingerprint density at radius 3 is 2.28 bits per heavy atom. The lowest BCUT2D eigenvalue weighted by atomic mass is 9.94. The Hall–Kier alpha value is -3.73. The number of rotatable bonds is 7. The molecule has 9 nitrogen and oxygen atoms in total. The van der Waals surface area contributed by atoms with E-state index in [0.717, 1.165) is 37.7 Å². The molecule has 0 saturated heterocycles. The number of hydrogen-bond acceptors (Lipinski definition) is 7. The lowest BCUT2D eigenvalue weighted by molar-refractivity contribution is -0.140. The smallest absolute Gasteiger partial charge is 0.278 e. The van der Waals surface area contributed by atoms with Gasteiger partial charge >= 0.3 is 0 Å². The van der Waals surface area contributed by atoms with Crippen molar-refractivity contribution >= 4 is 55.9 Å². The summed E-state index contributed by atoms with van der Waals surface area (Å²) in [6.07, 6.45) is 4.63. The van der Waals surface area contributed by atoms with E-state index in [2.05, 4.69) is 10.6 Å². The van der Waals surface area contributed by atoms with Crippen LogP contribution in [-0.2, 0) is 26.3 Å². The Kier molecular flexibility index (Phi) is 7.44. The van der Waals surface area contributed by atoms with Crippen molar-refractivity contribution in [2.45, 2.75) is 49.6 Å². The summed E-state index contributed by atoms with van der Waals surface area (Å²) in [5.74, 6) is -1.30. The van der Waals surface area contributed by atoms with Crippen LogP contribution in [-0.4, -0.2) is 41.6 Å². The largest absolute Gasteiger partial charge is 0.744 e. The minimum Gasteiger partial charge on any atom is -0.744 e. The number of anilines is 1.